The molecule has 1 unspecified atom stereocenters. The van der Waals surface area contributed by atoms with Gasteiger partial charge in [-0.25, -0.2) is 0 Å². The molecular weight excluding hydrogens is 236 g/mol. The molecule has 0 aromatic carbocycles. The third kappa shape index (κ3) is 7.70. The molecule has 0 bridgehead atoms. The Labute approximate surface area is 107 Å². The Morgan fingerprint density at radius 2 is 1.67 bits per heavy atom. The summed E-state index contributed by atoms with van der Waals surface area (Å²) >= 11 is 0. The normalized spacial score (nSPS) is 13.3. The number of aliphatic carboxylic acids is 2. The maximum atomic E-state index is 10.8. The van der Waals surface area contributed by atoms with Crippen LogP contribution in [0.5, 0.6) is 0 Å². The number of unbranched alkanes of at least 4 members (excludes halogenated alkanes) is 5. The van der Waals surface area contributed by atoms with Gasteiger partial charge in [-0.1, -0.05) is 32.6 Å². The molecule has 5 nitrogen and oxygen atoms in total. The SMILES string of the molecule is CCCCCCCC=C(O)C(CC(=O)O)C(=O)O. The van der Waals surface area contributed by atoms with Crippen LogP contribution in [0.15, 0.2) is 11.8 Å². The Morgan fingerprint density at radius 1 is 1.06 bits per heavy atom. The van der Waals surface area contributed by atoms with Gasteiger partial charge >= 0.3 is 11.9 Å². The molecular formula is C13H22O5. The number of hydrogen-bond acceptors (Lipinski definition) is 3. The maximum Gasteiger partial charge on any atom is 0.314 e. The van der Waals surface area contributed by atoms with Gasteiger partial charge in [-0.15, -0.1) is 0 Å². The maximum absolute atomic E-state index is 10.8. The van der Waals surface area contributed by atoms with E-state index in [1.54, 1.807) is 0 Å². The highest BCUT2D eigenvalue weighted by Crippen LogP contribution is 2.15. The average molecular weight is 258 g/mol. The van der Waals surface area contributed by atoms with Crippen molar-refractivity contribution in [3.05, 3.63) is 11.8 Å². The van der Waals surface area contributed by atoms with E-state index in [4.69, 9.17) is 10.2 Å². The number of allylic oxidation sites excluding steroid dienone is 1. The molecule has 0 rings (SSSR count). The van der Waals surface area contributed by atoms with Crippen LogP contribution in [0.1, 0.15) is 51.9 Å². The Morgan fingerprint density at radius 3 is 2.17 bits per heavy atom. The lowest BCUT2D eigenvalue weighted by atomic mass is 10.0. The first-order chi connectivity index (χ1) is 8.49. The van der Waals surface area contributed by atoms with Gasteiger partial charge < -0.3 is 15.3 Å². The van der Waals surface area contributed by atoms with Crippen LogP contribution < -0.4 is 0 Å². The van der Waals surface area contributed by atoms with Gasteiger partial charge in [0.15, 0.2) is 0 Å². The molecule has 0 saturated carbocycles. The van der Waals surface area contributed by atoms with Crippen LogP contribution in [0.25, 0.3) is 0 Å². The molecule has 1 atom stereocenters. The number of carbonyl (C=O) groups is 2. The first-order valence-electron chi connectivity index (χ1n) is 6.32. The lowest BCUT2D eigenvalue weighted by Crippen LogP contribution is -2.20. The third-order valence-corrected chi connectivity index (χ3v) is 2.70. The number of aliphatic hydroxyl groups is 1. The number of hydrogen-bond donors (Lipinski definition) is 3. The van der Waals surface area contributed by atoms with E-state index in [1.807, 2.05) is 0 Å². The summed E-state index contributed by atoms with van der Waals surface area (Å²) in [5.74, 6) is -4.22. The molecule has 0 spiro atoms. The van der Waals surface area contributed by atoms with Gasteiger partial charge in [-0.2, -0.15) is 0 Å². The lowest BCUT2D eigenvalue weighted by Gasteiger charge is -2.08. The Bertz CT molecular complexity index is 296. The van der Waals surface area contributed by atoms with Crippen LogP contribution in [-0.4, -0.2) is 27.3 Å². The summed E-state index contributed by atoms with van der Waals surface area (Å²) in [5.41, 5.74) is 0. The summed E-state index contributed by atoms with van der Waals surface area (Å²) in [5, 5.41) is 26.9. The first kappa shape index (κ1) is 16.5. The van der Waals surface area contributed by atoms with Gasteiger partial charge in [0.25, 0.3) is 0 Å². The van der Waals surface area contributed by atoms with Crippen molar-refractivity contribution in [3.63, 3.8) is 0 Å². The summed E-state index contributed by atoms with van der Waals surface area (Å²) in [6.07, 6.45) is 6.79. The second kappa shape index (κ2) is 9.50. The molecule has 0 fully saturated rings. The molecule has 0 aromatic heterocycles. The number of carboxylic acids is 2. The van der Waals surface area contributed by atoms with Crippen LogP contribution in [0.3, 0.4) is 0 Å². The molecule has 0 heterocycles. The third-order valence-electron chi connectivity index (χ3n) is 2.70. The van der Waals surface area contributed by atoms with Crippen molar-refractivity contribution >= 4 is 11.9 Å². The van der Waals surface area contributed by atoms with Crippen LogP contribution >= 0.6 is 0 Å². The van der Waals surface area contributed by atoms with Crippen LogP contribution in [0.2, 0.25) is 0 Å². The van der Waals surface area contributed by atoms with E-state index in [9.17, 15) is 14.7 Å². The van der Waals surface area contributed by atoms with Crippen molar-refractivity contribution in [2.24, 2.45) is 5.92 Å². The van der Waals surface area contributed by atoms with Crippen molar-refractivity contribution in [1.82, 2.24) is 0 Å². The zero-order valence-corrected chi connectivity index (χ0v) is 10.8. The van der Waals surface area contributed by atoms with Crippen molar-refractivity contribution in [3.8, 4) is 0 Å². The number of rotatable bonds is 10. The molecule has 0 amide bonds. The molecule has 0 saturated heterocycles. The highest BCUT2D eigenvalue weighted by atomic mass is 16.4. The molecule has 0 aromatic rings. The van der Waals surface area contributed by atoms with E-state index in [0.717, 1.165) is 25.7 Å². The monoisotopic (exact) mass is 258 g/mol. The Hall–Kier alpha value is -1.52. The summed E-state index contributed by atoms with van der Waals surface area (Å²) in [6.45, 7) is 2.12. The quantitative estimate of drug-likeness (QED) is 0.413. The van der Waals surface area contributed by atoms with Gasteiger partial charge in [0, 0.05) is 0 Å². The zero-order valence-electron chi connectivity index (χ0n) is 10.8. The summed E-state index contributed by atoms with van der Waals surface area (Å²) in [7, 11) is 0. The molecule has 3 N–H and O–H groups in total. The predicted molar refractivity (Wildman–Crippen MR) is 67.5 cm³/mol. The fraction of sp³-hybridized carbons (Fsp3) is 0.692. The average Bonchev–Trinajstić information content (AvgIpc) is 2.29. The van der Waals surface area contributed by atoms with Crippen molar-refractivity contribution in [2.75, 3.05) is 0 Å². The van der Waals surface area contributed by atoms with Crippen LogP contribution in [0.4, 0.5) is 0 Å². The molecule has 0 aliphatic heterocycles. The number of carboxylic acid groups (broad SMARTS) is 2. The van der Waals surface area contributed by atoms with Gasteiger partial charge in [0.05, 0.1) is 6.42 Å². The van der Waals surface area contributed by atoms with Crippen LogP contribution in [0, 0.1) is 5.92 Å². The zero-order chi connectivity index (χ0) is 14.0. The predicted octanol–water partition coefficient (Wildman–Crippen LogP) is 2.96. The highest BCUT2D eigenvalue weighted by molar-refractivity contribution is 5.79. The first-order valence-corrected chi connectivity index (χ1v) is 6.32. The van der Waals surface area contributed by atoms with Gasteiger partial charge in [0.2, 0.25) is 0 Å². The molecule has 5 heteroatoms. The van der Waals surface area contributed by atoms with E-state index in [1.165, 1.54) is 12.5 Å². The van der Waals surface area contributed by atoms with E-state index >= 15 is 0 Å². The van der Waals surface area contributed by atoms with Gasteiger partial charge in [0.1, 0.15) is 11.7 Å². The summed E-state index contributed by atoms with van der Waals surface area (Å²) in [6, 6.07) is 0. The fourth-order valence-electron chi connectivity index (χ4n) is 1.63. The second-order valence-corrected chi connectivity index (χ2v) is 4.32. The van der Waals surface area contributed by atoms with Crippen molar-refractivity contribution in [1.29, 1.82) is 0 Å². The Balaban J connectivity index is 4.10. The lowest BCUT2D eigenvalue weighted by molar-refractivity contribution is -0.147. The van der Waals surface area contributed by atoms with E-state index < -0.39 is 24.3 Å². The summed E-state index contributed by atoms with van der Waals surface area (Å²) in [4.78, 5) is 21.3. The largest absolute Gasteiger partial charge is 0.512 e. The van der Waals surface area contributed by atoms with E-state index in [2.05, 4.69) is 6.92 Å². The van der Waals surface area contributed by atoms with E-state index in [0.29, 0.717) is 6.42 Å². The molecule has 104 valence electrons. The van der Waals surface area contributed by atoms with Gasteiger partial charge in [-0.3, -0.25) is 9.59 Å². The molecule has 0 aliphatic rings. The standard InChI is InChI=1S/C13H22O5/c1-2-3-4-5-6-7-8-11(14)10(13(17)18)9-12(15)16/h8,10,14H,2-7,9H2,1H3,(H,15,16)(H,17,18). The second-order valence-electron chi connectivity index (χ2n) is 4.32. The minimum Gasteiger partial charge on any atom is -0.512 e. The molecule has 0 radical (unpaired) electrons. The van der Waals surface area contributed by atoms with E-state index in [-0.39, 0.29) is 5.76 Å². The minimum atomic E-state index is -1.34. The summed E-state index contributed by atoms with van der Waals surface area (Å²) < 4.78 is 0. The smallest absolute Gasteiger partial charge is 0.314 e. The fourth-order valence-corrected chi connectivity index (χ4v) is 1.63. The van der Waals surface area contributed by atoms with Crippen LogP contribution in [-0.2, 0) is 9.59 Å². The molecule has 0 aliphatic carbocycles. The molecule has 18 heavy (non-hydrogen) atoms. The van der Waals surface area contributed by atoms with Crippen molar-refractivity contribution < 1.29 is 24.9 Å². The number of aliphatic hydroxyl groups excluding tert-OH is 1. The van der Waals surface area contributed by atoms with Crippen molar-refractivity contribution in [2.45, 2.75) is 51.9 Å². The Kier molecular flexibility index (Phi) is 8.70. The van der Waals surface area contributed by atoms with Gasteiger partial charge in [-0.05, 0) is 18.9 Å². The highest BCUT2D eigenvalue weighted by Gasteiger charge is 2.24. The topological polar surface area (TPSA) is 94.8 Å². The minimum absolute atomic E-state index is 0.347.